The van der Waals surface area contributed by atoms with E-state index in [1.54, 1.807) is 16.7 Å². The number of ether oxygens (including phenoxy) is 1. The van der Waals surface area contributed by atoms with E-state index in [1.807, 2.05) is 60.7 Å². The van der Waals surface area contributed by atoms with Gasteiger partial charge in [-0.3, -0.25) is 29.0 Å². The van der Waals surface area contributed by atoms with E-state index in [9.17, 15) is 24.6 Å². The molecular formula is C42H46F2N6O6. The predicted molar refractivity (Wildman–Crippen MR) is 214 cm³/mol. The molecule has 5 heterocycles. The molecule has 3 fully saturated rings. The molecule has 12 nitrogen and oxygen atoms in total. The summed E-state index contributed by atoms with van der Waals surface area (Å²) in [7, 11) is 0. The molecule has 3 aliphatic rings. The summed E-state index contributed by atoms with van der Waals surface area (Å²) < 4.78 is 7.71. The Morgan fingerprint density at radius 2 is 1.70 bits per heavy atom. The fraction of sp³-hybridized carbons (Fsp3) is 0.310. The molecule has 3 aliphatic heterocycles. The Hall–Kier alpha value is -5.83. The third-order valence-electron chi connectivity index (χ3n) is 10.9. The van der Waals surface area contributed by atoms with Crippen LogP contribution in [0.3, 0.4) is 0 Å². The van der Waals surface area contributed by atoms with Crippen molar-refractivity contribution in [2.24, 2.45) is 5.92 Å². The average molecular weight is 769 g/mol. The predicted octanol–water partition coefficient (Wildman–Crippen LogP) is 5.95. The van der Waals surface area contributed by atoms with Gasteiger partial charge in [-0.25, -0.2) is 9.59 Å². The number of hydrogen-bond donors (Lipinski definition) is 6. The van der Waals surface area contributed by atoms with Gasteiger partial charge in [-0.15, -0.1) is 0 Å². The molecule has 9 rings (SSSR count). The number of piperidine rings is 3. The number of imidazole rings is 1. The number of carbonyl (C=O) groups excluding carboxylic acids is 1. The Morgan fingerprint density at radius 3 is 2.46 bits per heavy atom. The summed E-state index contributed by atoms with van der Waals surface area (Å²) in [4.78, 5) is 46.0. The third kappa shape index (κ3) is 8.52. The zero-order valence-electron chi connectivity index (χ0n) is 30.7. The van der Waals surface area contributed by atoms with E-state index < -0.39 is 12.2 Å². The van der Waals surface area contributed by atoms with Crippen LogP contribution in [0.4, 0.5) is 19.9 Å². The molecule has 14 heteroatoms. The second kappa shape index (κ2) is 17.3. The molecule has 6 aromatic rings. The van der Waals surface area contributed by atoms with Crippen LogP contribution in [0.5, 0.6) is 5.75 Å². The summed E-state index contributed by atoms with van der Waals surface area (Å²) in [6.07, 6.45) is 2.16. The number of fused-ring (bicyclic) bond motifs is 5. The summed E-state index contributed by atoms with van der Waals surface area (Å²) in [5.74, 6) is 0.364. The van der Waals surface area contributed by atoms with E-state index in [4.69, 9.17) is 4.74 Å². The highest BCUT2D eigenvalue weighted by atomic mass is 19.0. The van der Waals surface area contributed by atoms with E-state index in [1.165, 1.54) is 12.1 Å². The van der Waals surface area contributed by atoms with Gasteiger partial charge in [0.25, 0.3) is 0 Å². The zero-order chi connectivity index (χ0) is 37.2. The van der Waals surface area contributed by atoms with Crippen LogP contribution in [-0.4, -0.2) is 68.0 Å². The lowest BCUT2D eigenvalue weighted by molar-refractivity contribution is -0.0289. The molecule has 2 atom stereocenters. The van der Waals surface area contributed by atoms with Crippen molar-refractivity contribution in [3.8, 4) is 16.9 Å². The average Bonchev–Trinajstić information content (AvgIpc) is 3.49. The first-order valence-electron chi connectivity index (χ1n) is 18.6. The number of aryl methyl sites for hydroxylation is 2. The van der Waals surface area contributed by atoms with Crippen LogP contribution in [0.2, 0.25) is 0 Å². The smallest absolute Gasteiger partial charge is 0.411 e. The minimum atomic E-state index is -0.881. The number of phenolic OH excluding ortho intramolecular Hbond substituents is 1. The van der Waals surface area contributed by atoms with E-state index >= 15 is 0 Å². The number of carbonyl (C=O) groups is 1. The lowest BCUT2D eigenvalue weighted by Crippen LogP contribution is -2.52. The molecule has 2 aromatic heterocycles. The van der Waals surface area contributed by atoms with Crippen molar-refractivity contribution in [1.82, 2.24) is 24.8 Å². The minimum Gasteiger partial charge on any atom is -0.506 e. The quantitative estimate of drug-likeness (QED) is 0.0890. The largest absolute Gasteiger partial charge is 0.506 e. The van der Waals surface area contributed by atoms with E-state index in [0.29, 0.717) is 48.5 Å². The SMILES string of the molecule is F.F.O=C(Nc1cc(CCCn2c(=O)[nH]c3cc(CNC[C@H](O)c4ccc(O)c5[nH]c(=O)ccc45)ccc32)ccc1-c1ccccc1)O[C@H]1CN2CCC1CC2. The highest BCUT2D eigenvalue weighted by Crippen LogP contribution is 2.33. The first-order chi connectivity index (χ1) is 26.3. The Kier molecular flexibility index (Phi) is 12.3. The Labute approximate surface area is 320 Å². The number of anilines is 1. The highest BCUT2D eigenvalue weighted by molar-refractivity contribution is 5.92. The van der Waals surface area contributed by atoms with Gasteiger partial charge in [-0.2, -0.15) is 0 Å². The lowest BCUT2D eigenvalue weighted by atomic mass is 9.86. The highest BCUT2D eigenvalue weighted by Gasteiger charge is 2.36. The van der Waals surface area contributed by atoms with Gasteiger partial charge in [0.1, 0.15) is 11.9 Å². The first kappa shape index (κ1) is 39.9. The van der Waals surface area contributed by atoms with Crippen LogP contribution in [0, 0.1) is 5.92 Å². The Morgan fingerprint density at radius 1 is 0.911 bits per heavy atom. The number of aromatic amines is 2. The second-order valence-electron chi connectivity index (χ2n) is 14.4. The number of aliphatic hydroxyl groups excluding tert-OH is 1. The normalized spacial score (nSPS) is 17.9. The van der Waals surface area contributed by atoms with Crippen molar-refractivity contribution < 1.29 is 29.2 Å². The number of amides is 1. The maximum absolute atomic E-state index is 13.2. The van der Waals surface area contributed by atoms with Crippen LogP contribution < -0.4 is 21.9 Å². The summed E-state index contributed by atoms with van der Waals surface area (Å²) >= 11 is 0. The van der Waals surface area contributed by atoms with Crippen molar-refractivity contribution in [3.05, 3.63) is 129 Å². The topological polar surface area (TPSA) is 165 Å². The molecule has 56 heavy (non-hydrogen) atoms. The number of aliphatic hydroxyl groups is 1. The number of hydrogen-bond acceptors (Lipinski definition) is 8. The molecular weight excluding hydrogens is 722 g/mol. The molecule has 0 saturated carbocycles. The summed E-state index contributed by atoms with van der Waals surface area (Å²) in [6.45, 7) is 4.16. The van der Waals surface area contributed by atoms with Crippen LogP contribution >= 0.6 is 0 Å². The number of phenols is 1. The molecule has 0 unspecified atom stereocenters. The molecule has 0 aliphatic carbocycles. The number of benzene rings is 4. The number of H-pyrrole nitrogens is 2. The monoisotopic (exact) mass is 768 g/mol. The van der Waals surface area contributed by atoms with Crippen molar-refractivity contribution in [1.29, 1.82) is 0 Å². The number of nitrogens with zero attached hydrogens (tertiary/aromatic N) is 2. The number of aromatic hydroxyl groups is 1. The summed E-state index contributed by atoms with van der Waals surface area (Å²) in [5.41, 5.74) is 6.52. The number of aromatic nitrogens is 3. The summed E-state index contributed by atoms with van der Waals surface area (Å²) in [6, 6.07) is 28.0. The number of rotatable bonds is 12. The van der Waals surface area contributed by atoms with Gasteiger partial charge in [-0.05, 0) is 97.3 Å². The molecule has 3 saturated heterocycles. The van der Waals surface area contributed by atoms with Crippen LogP contribution in [0.25, 0.3) is 33.1 Å². The summed E-state index contributed by atoms with van der Waals surface area (Å²) in [5, 5.41) is 28.0. The fourth-order valence-corrected chi connectivity index (χ4v) is 8.04. The van der Waals surface area contributed by atoms with Gasteiger partial charge in [0.05, 0.1) is 28.3 Å². The van der Waals surface area contributed by atoms with Crippen molar-refractivity contribution in [2.45, 2.75) is 51.0 Å². The van der Waals surface area contributed by atoms with Crippen molar-refractivity contribution in [2.75, 3.05) is 31.5 Å². The molecule has 2 bridgehead atoms. The van der Waals surface area contributed by atoms with E-state index in [0.717, 1.165) is 65.8 Å². The van der Waals surface area contributed by atoms with Gasteiger partial charge in [0, 0.05) is 43.2 Å². The van der Waals surface area contributed by atoms with Crippen molar-refractivity contribution >= 4 is 33.7 Å². The molecule has 1 amide bonds. The first-order valence-corrected chi connectivity index (χ1v) is 18.6. The Bertz CT molecular complexity index is 2420. The molecule has 294 valence electrons. The minimum absolute atomic E-state index is 0. The second-order valence-corrected chi connectivity index (χ2v) is 14.4. The fourth-order valence-electron chi connectivity index (χ4n) is 8.04. The van der Waals surface area contributed by atoms with Crippen molar-refractivity contribution in [3.63, 3.8) is 0 Å². The van der Waals surface area contributed by atoms with Gasteiger partial charge < -0.3 is 30.2 Å². The van der Waals surface area contributed by atoms with Crippen LogP contribution in [0.1, 0.15) is 42.1 Å². The standard InChI is InChI=1S/C42H44N6O6.2FH/c49-36-14-11-31(32-12-15-39(51)46-40(32)36)37(50)24-43-23-27-9-13-35-34(22-27)44-41(52)48(35)18-4-5-26-8-10-30(28-6-2-1-3-7-28)33(21-26)45-42(53)54-38-25-47-19-16-29(38)17-20-47;;/h1-3,6-15,21-22,29,37-38,43,49-50H,4-5,16-20,23-25H2,(H,44,52)(H,45,53)(H,46,51);2*1H/t37-,38-;;/m0../s1. The third-order valence-corrected chi connectivity index (χ3v) is 10.9. The van der Waals surface area contributed by atoms with E-state index in [-0.39, 0.29) is 44.6 Å². The van der Waals surface area contributed by atoms with E-state index in [2.05, 4.69) is 31.6 Å². The maximum Gasteiger partial charge on any atom is 0.411 e. The number of pyridine rings is 1. The van der Waals surface area contributed by atoms with Gasteiger partial charge >= 0.3 is 11.8 Å². The maximum atomic E-state index is 13.2. The van der Waals surface area contributed by atoms with Crippen LogP contribution in [0.15, 0.2) is 101 Å². The Balaban J connectivity index is 0.00000266. The molecule has 6 N–H and O–H groups in total. The molecule has 0 radical (unpaired) electrons. The molecule has 0 spiro atoms. The molecule has 4 aromatic carbocycles. The lowest BCUT2D eigenvalue weighted by Gasteiger charge is -2.43. The number of nitrogens with one attached hydrogen (secondary N) is 4. The van der Waals surface area contributed by atoms with Crippen LogP contribution in [-0.2, 0) is 24.2 Å². The number of halogens is 2. The van der Waals surface area contributed by atoms with Gasteiger partial charge in [0.15, 0.2) is 0 Å². The van der Waals surface area contributed by atoms with Gasteiger partial charge in [-0.1, -0.05) is 54.6 Å². The van der Waals surface area contributed by atoms with Gasteiger partial charge in [0.2, 0.25) is 5.56 Å². The zero-order valence-corrected chi connectivity index (χ0v) is 30.7.